The third-order valence-corrected chi connectivity index (χ3v) is 8.47. The monoisotopic (exact) mass is 326 g/mol. The van der Waals surface area contributed by atoms with Gasteiger partial charge in [0.15, 0.2) is 5.17 Å². The van der Waals surface area contributed by atoms with Gasteiger partial charge in [0, 0.05) is 23.6 Å². The summed E-state index contributed by atoms with van der Waals surface area (Å²) >= 11 is 4.07. The second kappa shape index (κ2) is 7.16. The van der Waals surface area contributed by atoms with Crippen molar-refractivity contribution in [3.63, 3.8) is 0 Å². The minimum Gasteiger partial charge on any atom is -0.364 e. The smallest absolute Gasteiger partial charge is 0.156 e. The van der Waals surface area contributed by atoms with E-state index in [1.165, 1.54) is 75.1 Å². The Kier molecular flexibility index (Phi) is 5.47. The van der Waals surface area contributed by atoms with Crippen molar-refractivity contribution in [1.82, 2.24) is 5.32 Å². The number of rotatable bonds is 3. The molecule has 0 aromatic carbocycles. The molecule has 0 aromatic rings. The first-order chi connectivity index (χ1) is 10.3. The second-order valence-electron chi connectivity index (χ2n) is 7.27. The van der Waals surface area contributed by atoms with Crippen molar-refractivity contribution in [2.24, 2.45) is 10.4 Å². The van der Waals surface area contributed by atoms with E-state index in [0.29, 0.717) is 10.2 Å². The predicted molar refractivity (Wildman–Crippen MR) is 97.6 cm³/mol. The van der Waals surface area contributed by atoms with Crippen LogP contribution >= 0.6 is 23.5 Å². The van der Waals surface area contributed by atoms with Crippen molar-refractivity contribution in [2.45, 2.75) is 69.0 Å². The maximum atomic E-state index is 4.92. The Morgan fingerprint density at radius 3 is 2.29 bits per heavy atom. The summed E-state index contributed by atoms with van der Waals surface area (Å²) in [5, 5.41) is 4.92. The maximum absolute atomic E-state index is 4.92. The van der Waals surface area contributed by atoms with Crippen LogP contribution in [0.4, 0.5) is 0 Å². The van der Waals surface area contributed by atoms with Crippen LogP contribution in [0.1, 0.15) is 64.2 Å². The van der Waals surface area contributed by atoms with Gasteiger partial charge in [-0.25, -0.2) is 0 Å². The number of aliphatic imine (C=N–C) groups is 1. The molecule has 3 rings (SSSR count). The molecule has 0 amide bonds. The lowest BCUT2D eigenvalue weighted by Crippen LogP contribution is -2.43. The molecule has 2 aliphatic carbocycles. The zero-order chi connectivity index (χ0) is 14.6. The first-order valence-corrected chi connectivity index (χ1v) is 10.9. The van der Waals surface area contributed by atoms with Crippen molar-refractivity contribution in [2.75, 3.05) is 25.1 Å². The van der Waals surface area contributed by atoms with Crippen LogP contribution in [0.3, 0.4) is 0 Å². The van der Waals surface area contributed by atoms with Crippen LogP contribution < -0.4 is 5.32 Å². The molecule has 0 aromatic heterocycles. The molecule has 1 aliphatic heterocycles. The van der Waals surface area contributed by atoms with Crippen LogP contribution in [0, 0.1) is 5.41 Å². The highest BCUT2D eigenvalue weighted by atomic mass is 32.2. The molecular weight excluding hydrogens is 296 g/mol. The molecule has 4 heteroatoms. The van der Waals surface area contributed by atoms with Crippen LogP contribution in [-0.2, 0) is 0 Å². The highest BCUT2D eigenvalue weighted by Gasteiger charge is 2.36. The Bertz CT molecular complexity index is 369. The lowest BCUT2D eigenvalue weighted by atomic mass is 9.75. The second-order valence-corrected chi connectivity index (χ2v) is 9.51. The number of nitrogens with one attached hydrogen (secondary N) is 1. The lowest BCUT2D eigenvalue weighted by Gasteiger charge is -2.40. The van der Waals surface area contributed by atoms with Gasteiger partial charge in [0.25, 0.3) is 0 Å². The normalized spacial score (nSPS) is 28.1. The van der Waals surface area contributed by atoms with Crippen molar-refractivity contribution in [1.29, 1.82) is 0 Å². The van der Waals surface area contributed by atoms with Gasteiger partial charge < -0.3 is 5.32 Å². The van der Waals surface area contributed by atoms with Crippen molar-refractivity contribution in [3.8, 4) is 0 Å². The van der Waals surface area contributed by atoms with E-state index in [0.717, 1.165) is 13.1 Å². The zero-order valence-electron chi connectivity index (χ0n) is 13.5. The zero-order valence-corrected chi connectivity index (χ0v) is 15.1. The standard InChI is InChI=1S/C17H30N2S2/c1-20-17(10-6-3-7-11-17)13-19-15-18-12-16(14-21-15)8-4-2-5-9-16/h2-14H2,1H3,(H,18,19). The van der Waals surface area contributed by atoms with Gasteiger partial charge in [-0.1, -0.05) is 50.3 Å². The van der Waals surface area contributed by atoms with E-state index in [-0.39, 0.29) is 0 Å². The van der Waals surface area contributed by atoms with E-state index >= 15 is 0 Å². The third-order valence-electron chi connectivity index (χ3n) is 5.75. The Morgan fingerprint density at radius 2 is 1.71 bits per heavy atom. The summed E-state index contributed by atoms with van der Waals surface area (Å²) in [6.07, 6.45) is 16.4. The average molecular weight is 327 g/mol. The topological polar surface area (TPSA) is 24.4 Å². The fourth-order valence-corrected chi connectivity index (χ4v) is 6.22. The fourth-order valence-electron chi connectivity index (χ4n) is 4.15. The Morgan fingerprint density at radius 1 is 1.05 bits per heavy atom. The number of hydrogen-bond donors (Lipinski definition) is 1. The van der Waals surface area contributed by atoms with Gasteiger partial charge in [-0.3, -0.25) is 4.99 Å². The summed E-state index contributed by atoms with van der Waals surface area (Å²) in [4.78, 5) is 4.92. The molecular formula is C17H30N2S2. The molecule has 1 heterocycles. The molecule has 3 aliphatic rings. The minimum atomic E-state index is 0.474. The van der Waals surface area contributed by atoms with E-state index < -0.39 is 0 Å². The van der Waals surface area contributed by atoms with Gasteiger partial charge in [0.05, 0.1) is 0 Å². The molecule has 120 valence electrons. The van der Waals surface area contributed by atoms with E-state index in [2.05, 4.69) is 23.3 Å². The minimum absolute atomic E-state index is 0.474. The van der Waals surface area contributed by atoms with Crippen LogP contribution in [0.25, 0.3) is 0 Å². The summed E-state index contributed by atoms with van der Waals surface area (Å²) < 4.78 is 0.474. The predicted octanol–water partition coefficient (Wildman–Crippen LogP) is 4.70. The number of nitrogens with zero attached hydrogens (tertiary/aromatic N) is 1. The largest absolute Gasteiger partial charge is 0.364 e. The van der Waals surface area contributed by atoms with Crippen molar-refractivity contribution < 1.29 is 0 Å². The van der Waals surface area contributed by atoms with E-state index in [4.69, 9.17) is 4.99 Å². The Labute approximate surface area is 138 Å². The highest BCUT2D eigenvalue weighted by Crippen LogP contribution is 2.42. The van der Waals surface area contributed by atoms with Gasteiger partial charge in [-0.15, -0.1) is 0 Å². The average Bonchev–Trinajstić information content (AvgIpc) is 2.56. The lowest BCUT2D eigenvalue weighted by molar-refractivity contribution is 0.232. The fraction of sp³-hybridized carbons (Fsp3) is 0.941. The molecule has 2 fully saturated rings. The molecule has 0 unspecified atom stereocenters. The van der Waals surface area contributed by atoms with Crippen LogP contribution in [0.5, 0.6) is 0 Å². The molecule has 1 spiro atoms. The summed E-state index contributed by atoms with van der Waals surface area (Å²) in [5.41, 5.74) is 0.552. The van der Waals surface area contributed by atoms with Crippen molar-refractivity contribution in [3.05, 3.63) is 0 Å². The van der Waals surface area contributed by atoms with E-state index in [1.54, 1.807) is 0 Å². The molecule has 0 bridgehead atoms. The quantitative estimate of drug-likeness (QED) is 0.814. The summed E-state index contributed by atoms with van der Waals surface area (Å²) in [5.74, 6) is 1.30. The maximum Gasteiger partial charge on any atom is 0.156 e. The Balaban J connectivity index is 1.51. The first-order valence-electron chi connectivity index (χ1n) is 8.72. The van der Waals surface area contributed by atoms with Gasteiger partial charge >= 0.3 is 0 Å². The van der Waals surface area contributed by atoms with E-state index in [1.807, 2.05) is 11.8 Å². The number of thioether (sulfide) groups is 2. The summed E-state index contributed by atoms with van der Waals surface area (Å²) in [6.45, 7) is 2.20. The van der Waals surface area contributed by atoms with Crippen molar-refractivity contribution >= 4 is 28.7 Å². The molecule has 21 heavy (non-hydrogen) atoms. The number of amidine groups is 1. The molecule has 2 saturated carbocycles. The van der Waals surface area contributed by atoms with Gasteiger partial charge in [0.2, 0.25) is 0 Å². The molecule has 0 saturated heterocycles. The SMILES string of the molecule is CSC1(CNC2=NCC3(CCCCC3)CS2)CCCCC1. The van der Waals surface area contributed by atoms with Gasteiger partial charge in [-0.2, -0.15) is 11.8 Å². The summed E-state index contributed by atoms with van der Waals surface area (Å²) in [6, 6.07) is 0. The van der Waals surface area contributed by atoms with Gasteiger partial charge in [-0.05, 0) is 37.4 Å². The van der Waals surface area contributed by atoms with Crippen LogP contribution in [0.15, 0.2) is 4.99 Å². The van der Waals surface area contributed by atoms with Crippen LogP contribution in [0.2, 0.25) is 0 Å². The first kappa shape index (κ1) is 16.0. The number of hydrogen-bond acceptors (Lipinski definition) is 4. The summed E-state index contributed by atoms with van der Waals surface area (Å²) in [7, 11) is 0. The molecule has 1 N–H and O–H groups in total. The van der Waals surface area contributed by atoms with E-state index in [9.17, 15) is 0 Å². The molecule has 2 nitrogen and oxygen atoms in total. The third kappa shape index (κ3) is 3.93. The highest BCUT2D eigenvalue weighted by molar-refractivity contribution is 8.13. The van der Waals surface area contributed by atoms with Gasteiger partial charge in [0.1, 0.15) is 0 Å². The Hall–Kier alpha value is 0.170. The van der Waals surface area contributed by atoms with Crippen LogP contribution in [-0.4, -0.2) is 35.0 Å². The molecule has 0 atom stereocenters. The molecule has 0 radical (unpaired) electrons.